The average Bonchev–Trinajstić information content (AvgIpc) is 2.49. The number of aryl methyl sites for hydroxylation is 1. The summed E-state index contributed by atoms with van der Waals surface area (Å²) >= 11 is 5.77. The molecule has 0 radical (unpaired) electrons. The van der Waals surface area contributed by atoms with Gasteiger partial charge in [0.05, 0.1) is 11.3 Å². The van der Waals surface area contributed by atoms with Crippen molar-refractivity contribution >= 4 is 17.3 Å². The van der Waals surface area contributed by atoms with Crippen LogP contribution in [0.2, 0.25) is 5.02 Å². The summed E-state index contributed by atoms with van der Waals surface area (Å²) in [5.41, 5.74) is 0.0831. The lowest BCUT2D eigenvalue weighted by Gasteiger charge is -2.14. The van der Waals surface area contributed by atoms with Crippen LogP contribution in [0.25, 0.3) is 0 Å². The molecule has 2 rings (SSSR count). The van der Waals surface area contributed by atoms with Crippen molar-refractivity contribution in [2.45, 2.75) is 26.4 Å². The lowest BCUT2D eigenvalue weighted by Crippen LogP contribution is -2.14. The van der Waals surface area contributed by atoms with E-state index in [9.17, 15) is 13.2 Å². The van der Waals surface area contributed by atoms with Crippen molar-refractivity contribution in [1.29, 1.82) is 0 Å². The summed E-state index contributed by atoms with van der Waals surface area (Å²) in [7, 11) is 0. The molecule has 6 heteroatoms. The fourth-order valence-corrected chi connectivity index (χ4v) is 2.18. The van der Waals surface area contributed by atoms with E-state index in [0.29, 0.717) is 22.8 Å². The molecular formula is C17H15ClF3NO. The lowest BCUT2D eigenvalue weighted by atomic mass is 9.99. The standard InChI is InChI=1S/C17H15ClF3NO/c1-3-16(22-23-13-7-5-12(18)6-8-13)14-9-4-11(2)10-15(14)17(19,20)21/h4-10H,3H2,1-2H3/b22-16+. The Hall–Kier alpha value is -2.01. The summed E-state index contributed by atoms with van der Waals surface area (Å²) in [6.07, 6.45) is -4.14. The van der Waals surface area contributed by atoms with Crippen LogP contribution in [0.15, 0.2) is 47.6 Å². The SMILES string of the molecule is CC/C(=N\Oc1ccc(Cl)cc1)c1ccc(C)cc1C(F)(F)F. The summed E-state index contributed by atoms with van der Waals surface area (Å²) in [6, 6.07) is 10.6. The Morgan fingerprint density at radius 2 is 1.78 bits per heavy atom. The van der Waals surface area contributed by atoms with E-state index >= 15 is 0 Å². The first-order valence-electron chi connectivity index (χ1n) is 6.99. The molecule has 0 spiro atoms. The summed E-state index contributed by atoms with van der Waals surface area (Å²) in [6.45, 7) is 3.34. The van der Waals surface area contributed by atoms with Gasteiger partial charge in [-0.25, -0.2) is 0 Å². The average molecular weight is 342 g/mol. The second-order valence-electron chi connectivity index (χ2n) is 4.98. The van der Waals surface area contributed by atoms with E-state index < -0.39 is 11.7 Å². The van der Waals surface area contributed by atoms with Crippen molar-refractivity contribution < 1.29 is 18.0 Å². The number of rotatable bonds is 4. The van der Waals surface area contributed by atoms with Gasteiger partial charge in [0.25, 0.3) is 0 Å². The van der Waals surface area contributed by atoms with Crippen molar-refractivity contribution in [1.82, 2.24) is 0 Å². The van der Waals surface area contributed by atoms with Crippen molar-refractivity contribution in [2.24, 2.45) is 5.16 Å². The van der Waals surface area contributed by atoms with Gasteiger partial charge >= 0.3 is 6.18 Å². The van der Waals surface area contributed by atoms with Gasteiger partial charge in [-0.2, -0.15) is 13.2 Å². The third-order valence-electron chi connectivity index (χ3n) is 3.20. The minimum absolute atomic E-state index is 0.0274. The summed E-state index contributed by atoms with van der Waals surface area (Å²) in [4.78, 5) is 5.23. The van der Waals surface area contributed by atoms with Crippen LogP contribution in [0.5, 0.6) is 5.75 Å². The zero-order valence-corrected chi connectivity index (χ0v) is 13.4. The number of halogens is 4. The van der Waals surface area contributed by atoms with E-state index in [4.69, 9.17) is 16.4 Å². The topological polar surface area (TPSA) is 21.6 Å². The maximum Gasteiger partial charge on any atom is 0.417 e. The minimum Gasteiger partial charge on any atom is -0.357 e. The van der Waals surface area contributed by atoms with Crippen molar-refractivity contribution in [3.8, 4) is 5.75 Å². The highest BCUT2D eigenvalue weighted by molar-refractivity contribution is 6.30. The highest BCUT2D eigenvalue weighted by Crippen LogP contribution is 2.33. The van der Waals surface area contributed by atoms with Gasteiger partial charge in [-0.3, -0.25) is 0 Å². The van der Waals surface area contributed by atoms with Crippen molar-refractivity contribution in [3.63, 3.8) is 0 Å². The molecule has 0 fully saturated rings. The van der Waals surface area contributed by atoms with Crippen LogP contribution in [0.3, 0.4) is 0 Å². The van der Waals surface area contributed by atoms with Gasteiger partial charge < -0.3 is 4.84 Å². The Morgan fingerprint density at radius 1 is 1.13 bits per heavy atom. The fourth-order valence-electron chi connectivity index (χ4n) is 2.05. The molecule has 0 amide bonds. The molecule has 0 bridgehead atoms. The first-order valence-corrected chi connectivity index (χ1v) is 7.36. The van der Waals surface area contributed by atoms with E-state index in [1.807, 2.05) is 0 Å². The fraction of sp³-hybridized carbons (Fsp3) is 0.235. The van der Waals surface area contributed by atoms with Crippen LogP contribution in [-0.2, 0) is 6.18 Å². The lowest BCUT2D eigenvalue weighted by molar-refractivity contribution is -0.137. The van der Waals surface area contributed by atoms with Crippen LogP contribution in [-0.4, -0.2) is 5.71 Å². The predicted molar refractivity (Wildman–Crippen MR) is 85.1 cm³/mol. The van der Waals surface area contributed by atoms with Gasteiger partial charge in [0, 0.05) is 10.6 Å². The zero-order valence-electron chi connectivity index (χ0n) is 12.6. The van der Waals surface area contributed by atoms with Crippen molar-refractivity contribution in [2.75, 3.05) is 0 Å². The van der Waals surface area contributed by atoms with Crippen LogP contribution in [0.4, 0.5) is 13.2 Å². The molecule has 0 aliphatic heterocycles. The first kappa shape index (κ1) is 17.3. The Kier molecular flexibility index (Phi) is 5.31. The zero-order chi connectivity index (χ0) is 17.0. The highest BCUT2D eigenvalue weighted by atomic mass is 35.5. The smallest absolute Gasteiger partial charge is 0.357 e. The number of nitrogens with zero attached hydrogens (tertiary/aromatic N) is 1. The minimum atomic E-state index is -4.45. The molecule has 2 nitrogen and oxygen atoms in total. The molecule has 0 N–H and O–H groups in total. The third-order valence-corrected chi connectivity index (χ3v) is 3.45. The molecule has 0 atom stereocenters. The number of benzene rings is 2. The monoisotopic (exact) mass is 341 g/mol. The molecule has 0 unspecified atom stereocenters. The molecule has 0 heterocycles. The van der Waals surface area contributed by atoms with Gasteiger partial charge in [-0.15, -0.1) is 0 Å². The Bertz CT molecular complexity index is 709. The van der Waals surface area contributed by atoms with E-state index in [1.165, 1.54) is 6.07 Å². The van der Waals surface area contributed by atoms with E-state index in [-0.39, 0.29) is 11.3 Å². The van der Waals surface area contributed by atoms with Crippen LogP contribution in [0, 0.1) is 6.92 Å². The maximum atomic E-state index is 13.2. The van der Waals surface area contributed by atoms with E-state index in [2.05, 4.69) is 5.16 Å². The van der Waals surface area contributed by atoms with Crippen LogP contribution < -0.4 is 4.84 Å². The maximum absolute atomic E-state index is 13.2. The van der Waals surface area contributed by atoms with Gasteiger partial charge in [0.2, 0.25) is 0 Å². The Labute approximate surface area is 137 Å². The molecular weight excluding hydrogens is 327 g/mol. The van der Waals surface area contributed by atoms with Crippen molar-refractivity contribution in [3.05, 3.63) is 64.2 Å². The van der Waals surface area contributed by atoms with Gasteiger partial charge in [-0.1, -0.05) is 41.4 Å². The molecule has 2 aromatic carbocycles. The van der Waals surface area contributed by atoms with Crippen LogP contribution in [0.1, 0.15) is 30.0 Å². The number of oxime groups is 1. The van der Waals surface area contributed by atoms with E-state index in [0.717, 1.165) is 6.07 Å². The van der Waals surface area contributed by atoms with Gasteiger partial charge in [0.15, 0.2) is 5.75 Å². The molecule has 122 valence electrons. The molecule has 0 aromatic heterocycles. The first-order chi connectivity index (χ1) is 10.8. The quantitative estimate of drug-likeness (QED) is 0.504. The number of hydrogen-bond donors (Lipinski definition) is 0. The number of alkyl halides is 3. The summed E-state index contributed by atoms with van der Waals surface area (Å²) < 4.78 is 39.7. The molecule has 0 saturated carbocycles. The highest BCUT2D eigenvalue weighted by Gasteiger charge is 2.34. The molecule has 0 aliphatic carbocycles. The predicted octanol–water partition coefficient (Wildman–Crippen LogP) is 5.86. The van der Waals surface area contributed by atoms with E-state index in [1.54, 1.807) is 44.2 Å². The largest absolute Gasteiger partial charge is 0.417 e. The molecule has 0 saturated heterocycles. The van der Waals surface area contributed by atoms with Gasteiger partial charge in [-0.05, 0) is 43.7 Å². The van der Waals surface area contributed by atoms with Crippen LogP contribution >= 0.6 is 11.6 Å². The third kappa shape index (κ3) is 4.48. The molecule has 0 aliphatic rings. The Morgan fingerprint density at radius 3 is 2.35 bits per heavy atom. The number of hydrogen-bond acceptors (Lipinski definition) is 2. The van der Waals surface area contributed by atoms with Gasteiger partial charge in [0.1, 0.15) is 0 Å². The second kappa shape index (κ2) is 7.04. The Balaban J connectivity index is 2.37. The molecule has 2 aromatic rings. The normalized spacial score (nSPS) is 12.3. The second-order valence-corrected chi connectivity index (χ2v) is 5.42. The summed E-state index contributed by atoms with van der Waals surface area (Å²) in [5, 5.41) is 4.43. The summed E-state index contributed by atoms with van der Waals surface area (Å²) in [5.74, 6) is 0.404. The molecule has 23 heavy (non-hydrogen) atoms.